The first-order chi connectivity index (χ1) is 10.1. The van der Waals surface area contributed by atoms with Crippen LogP contribution in [-0.4, -0.2) is 19.0 Å². The highest BCUT2D eigenvalue weighted by atomic mass is 16.5. The van der Waals surface area contributed by atoms with E-state index in [0.29, 0.717) is 23.4 Å². The van der Waals surface area contributed by atoms with Gasteiger partial charge in [-0.3, -0.25) is 0 Å². The van der Waals surface area contributed by atoms with E-state index >= 15 is 0 Å². The van der Waals surface area contributed by atoms with Crippen LogP contribution in [0.5, 0.6) is 5.75 Å². The zero-order chi connectivity index (χ0) is 15.2. The van der Waals surface area contributed by atoms with Gasteiger partial charge in [-0.05, 0) is 42.0 Å². The molecule has 5 nitrogen and oxygen atoms in total. The molecule has 0 saturated heterocycles. The van der Waals surface area contributed by atoms with Crippen molar-refractivity contribution in [3.8, 4) is 5.75 Å². The fraction of sp³-hybridized carbons (Fsp3) is 0.125. The van der Waals surface area contributed by atoms with Crippen molar-refractivity contribution in [2.24, 2.45) is 5.73 Å². The number of carbonyl (C=O) groups excluding carboxylic acids is 2. The summed E-state index contributed by atoms with van der Waals surface area (Å²) in [6, 6.07) is 13.0. The third-order valence-corrected chi connectivity index (χ3v) is 2.91. The van der Waals surface area contributed by atoms with Gasteiger partial charge in [-0.15, -0.1) is 0 Å². The molecule has 108 valence electrons. The lowest BCUT2D eigenvalue weighted by Gasteiger charge is -2.05. The monoisotopic (exact) mass is 285 g/mol. The third-order valence-electron chi connectivity index (χ3n) is 2.91. The molecule has 0 spiro atoms. The standard InChI is InChI=1S/C16H15NO4/c1-20-15(18)12-4-6-13(7-5-12)16(19)21-14-8-2-11(10-17)3-9-14/h2-9H,10,17H2,1H3. The fourth-order valence-electron chi connectivity index (χ4n) is 1.72. The maximum absolute atomic E-state index is 12.0. The van der Waals surface area contributed by atoms with E-state index in [0.717, 1.165) is 5.56 Å². The molecule has 0 aliphatic carbocycles. The Balaban J connectivity index is 2.07. The molecular weight excluding hydrogens is 270 g/mol. The maximum atomic E-state index is 12.0. The molecule has 0 heterocycles. The Morgan fingerprint density at radius 2 is 1.43 bits per heavy atom. The van der Waals surface area contributed by atoms with E-state index in [9.17, 15) is 9.59 Å². The van der Waals surface area contributed by atoms with Crippen LogP contribution in [0.25, 0.3) is 0 Å². The Morgan fingerprint density at radius 1 is 0.905 bits per heavy atom. The summed E-state index contributed by atoms with van der Waals surface area (Å²) in [7, 11) is 1.30. The normalized spacial score (nSPS) is 10.0. The summed E-state index contributed by atoms with van der Waals surface area (Å²) < 4.78 is 9.82. The van der Waals surface area contributed by atoms with Gasteiger partial charge in [-0.25, -0.2) is 9.59 Å². The number of nitrogens with two attached hydrogens (primary N) is 1. The average Bonchev–Trinajstić information content (AvgIpc) is 2.55. The average molecular weight is 285 g/mol. The van der Waals surface area contributed by atoms with Gasteiger partial charge in [0.2, 0.25) is 0 Å². The molecule has 2 N–H and O–H groups in total. The van der Waals surface area contributed by atoms with Crippen molar-refractivity contribution in [1.29, 1.82) is 0 Å². The molecule has 0 saturated carbocycles. The molecule has 21 heavy (non-hydrogen) atoms. The molecule has 0 bridgehead atoms. The number of rotatable bonds is 4. The molecular formula is C16H15NO4. The number of benzene rings is 2. The van der Waals surface area contributed by atoms with E-state index in [2.05, 4.69) is 4.74 Å². The van der Waals surface area contributed by atoms with Crippen LogP contribution >= 0.6 is 0 Å². The zero-order valence-corrected chi connectivity index (χ0v) is 11.5. The predicted octanol–water partition coefficient (Wildman–Crippen LogP) is 2.15. The van der Waals surface area contributed by atoms with Gasteiger partial charge in [-0.2, -0.15) is 0 Å². The third kappa shape index (κ3) is 3.67. The summed E-state index contributed by atoms with van der Waals surface area (Å²) >= 11 is 0. The number of hydrogen-bond acceptors (Lipinski definition) is 5. The Labute approximate surface area is 122 Å². The first-order valence-corrected chi connectivity index (χ1v) is 6.33. The number of carbonyl (C=O) groups is 2. The van der Waals surface area contributed by atoms with Crippen molar-refractivity contribution in [3.63, 3.8) is 0 Å². The Bertz CT molecular complexity index is 632. The minimum absolute atomic E-state index is 0.352. The highest BCUT2D eigenvalue weighted by molar-refractivity contribution is 5.94. The SMILES string of the molecule is COC(=O)c1ccc(C(=O)Oc2ccc(CN)cc2)cc1. The minimum Gasteiger partial charge on any atom is -0.465 e. The molecule has 2 rings (SSSR count). The first-order valence-electron chi connectivity index (χ1n) is 6.33. The number of esters is 2. The summed E-state index contributed by atoms with van der Waals surface area (Å²) in [5, 5.41) is 0. The number of ether oxygens (including phenoxy) is 2. The van der Waals surface area contributed by atoms with Crippen LogP contribution in [0.15, 0.2) is 48.5 Å². The topological polar surface area (TPSA) is 78.6 Å². The van der Waals surface area contributed by atoms with E-state index in [1.54, 1.807) is 24.3 Å². The highest BCUT2D eigenvalue weighted by Crippen LogP contribution is 2.14. The molecule has 0 aromatic heterocycles. The maximum Gasteiger partial charge on any atom is 0.343 e. The summed E-state index contributed by atoms with van der Waals surface area (Å²) in [6.07, 6.45) is 0. The van der Waals surface area contributed by atoms with Gasteiger partial charge in [0.15, 0.2) is 0 Å². The van der Waals surface area contributed by atoms with Crippen LogP contribution in [0, 0.1) is 0 Å². The predicted molar refractivity (Wildman–Crippen MR) is 77.1 cm³/mol. The van der Waals surface area contributed by atoms with Gasteiger partial charge in [0, 0.05) is 6.54 Å². The van der Waals surface area contributed by atoms with E-state index < -0.39 is 11.9 Å². The van der Waals surface area contributed by atoms with Crippen LogP contribution in [0.4, 0.5) is 0 Å². The Kier molecular flexibility index (Phi) is 4.68. The summed E-state index contributed by atoms with van der Waals surface area (Å²) in [6.45, 7) is 0.434. The highest BCUT2D eigenvalue weighted by Gasteiger charge is 2.10. The summed E-state index contributed by atoms with van der Waals surface area (Å²) in [5.74, 6) is -0.506. The lowest BCUT2D eigenvalue weighted by molar-refractivity contribution is 0.0599. The summed E-state index contributed by atoms with van der Waals surface area (Å²) in [4.78, 5) is 23.3. The molecule has 0 aliphatic heterocycles. The van der Waals surface area contributed by atoms with E-state index in [1.165, 1.54) is 31.4 Å². The fourth-order valence-corrected chi connectivity index (χ4v) is 1.72. The molecule has 2 aromatic rings. The minimum atomic E-state index is -0.494. The van der Waals surface area contributed by atoms with Crippen molar-refractivity contribution < 1.29 is 19.1 Å². The molecule has 0 atom stereocenters. The first kappa shape index (κ1) is 14.7. The van der Waals surface area contributed by atoms with Crippen LogP contribution < -0.4 is 10.5 Å². The molecule has 0 aliphatic rings. The molecule has 5 heteroatoms. The molecule has 0 unspecified atom stereocenters. The van der Waals surface area contributed by atoms with Gasteiger partial charge < -0.3 is 15.2 Å². The quantitative estimate of drug-likeness (QED) is 0.688. The lowest BCUT2D eigenvalue weighted by Crippen LogP contribution is -2.09. The van der Waals surface area contributed by atoms with Crippen LogP contribution in [0.3, 0.4) is 0 Å². The summed E-state index contributed by atoms with van der Waals surface area (Å²) in [5.41, 5.74) is 7.18. The zero-order valence-electron chi connectivity index (χ0n) is 11.5. The molecule has 0 fully saturated rings. The van der Waals surface area contributed by atoms with Gasteiger partial charge in [0.1, 0.15) is 5.75 Å². The van der Waals surface area contributed by atoms with Crippen molar-refractivity contribution in [2.45, 2.75) is 6.54 Å². The second kappa shape index (κ2) is 6.67. The molecule has 0 radical (unpaired) electrons. The smallest absolute Gasteiger partial charge is 0.343 e. The van der Waals surface area contributed by atoms with Gasteiger partial charge in [-0.1, -0.05) is 12.1 Å². The number of methoxy groups -OCH3 is 1. The van der Waals surface area contributed by atoms with Gasteiger partial charge in [0.05, 0.1) is 18.2 Å². The lowest BCUT2D eigenvalue weighted by atomic mass is 10.1. The van der Waals surface area contributed by atoms with Crippen molar-refractivity contribution >= 4 is 11.9 Å². The largest absolute Gasteiger partial charge is 0.465 e. The van der Waals surface area contributed by atoms with Crippen LogP contribution in [0.2, 0.25) is 0 Å². The van der Waals surface area contributed by atoms with E-state index in [4.69, 9.17) is 10.5 Å². The molecule has 0 amide bonds. The van der Waals surface area contributed by atoms with Crippen LogP contribution in [-0.2, 0) is 11.3 Å². The van der Waals surface area contributed by atoms with Gasteiger partial charge in [0.25, 0.3) is 0 Å². The van der Waals surface area contributed by atoms with Gasteiger partial charge >= 0.3 is 11.9 Å². The second-order valence-corrected chi connectivity index (χ2v) is 4.31. The van der Waals surface area contributed by atoms with E-state index in [-0.39, 0.29) is 0 Å². The van der Waals surface area contributed by atoms with Crippen molar-refractivity contribution in [2.75, 3.05) is 7.11 Å². The Morgan fingerprint density at radius 3 is 1.90 bits per heavy atom. The van der Waals surface area contributed by atoms with Crippen LogP contribution in [0.1, 0.15) is 26.3 Å². The van der Waals surface area contributed by atoms with Crippen molar-refractivity contribution in [3.05, 3.63) is 65.2 Å². The Hall–Kier alpha value is -2.66. The molecule has 2 aromatic carbocycles. The number of hydrogen-bond donors (Lipinski definition) is 1. The van der Waals surface area contributed by atoms with Crippen molar-refractivity contribution in [1.82, 2.24) is 0 Å². The second-order valence-electron chi connectivity index (χ2n) is 4.31. The van der Waals surface area contributed by atoms with E-state index in [1.807, 2.05) is 0 Å².